The zero-order valence-electron chi connectivity index (χ0n) is 23.0. The highest BCUT2D eigenvalue weighted by molar-refractivity contribution is 5.88. The average molecular weight is 492 g/mol. The van der Waals surface area contributed by atoms with E-state index in [0.717, 1.165) is 5.56 Å². The van der Waals surface area contributed by atoms with Crippen molar-refractivity contribution in [3.8, 4) is 17.4 Å². The number of hydrogen-bond donors (Lipinski definition) is 1. The normalized spacial score (nSPS) is 11.3. The van der Waals surface area contributed by atoms with Gasteiger partial charge in [-0.05, 0) is 59.2 Å². The predicted molar refractivity (Wildman–Crippen MR) is 139 cm³/mol. The maximum atomic E-state index is 12.4. The molecule has 1 N–H and O–H groups in total. The van der Waals surface area contributed by atoms with Crippen LogP contribution < -0.4 is 19.5 Å². The van der Waals surface area contributed by atoms with Gasteiger partial charge in [-0.3, -0.25) is 5.32 Å². The Morgan fingerprint density at radius 3 is 2.09 bits per heavy atom. The molecule has 1 aromatic heterocycles. The molecule has 35 heavy (non-hydrogen) atoms. The van der Waals surface area contributed by atoms with Crippen molar-refractivity contribution >= 4 is 17.5 Å². The van der Waals surface area contributed by atoms with Gasteiger partial charge in [0, 0.05) is 6.61 Å². The number of methoxy groups -OCH3 is 3. The van der Waals surface area contributed by atoms with Crippen molar-refractivity contribution in [2.24, 2.45) is 0 Å². The van der Waals surface area contributed by atoms with E-state index >= 15 is 0 Å². The van der Waals surface area contributed by atoms with Crippen LogP contribution in [0.4, 0.5) is 10.5 Å². The van der Waals surface area contributed by atoms with E-state index in [9.17, 15) is 4.79 Å². The molecule has 0 fully saturated rings. The lowest BCUT2D eigenvalue weighted by molar-refractivity contribution is 0.0635. The van der Waals surface area contributed by atoms with Gasteiger partial charge in [-0.2, -0.15) is 0 Å². The quantitative estimate of drug-likeness (QED) is 0.457. The summed E-state index contributed by atoms with van der Waals surface area (Å²) in [6.07, 6.45) is 1.29. The number of allylic oxidation sites excluding steroid dienone is 1. The van der Waals surface area contributed by atoms with E-state index in [1.807, 2.05) is 52.8 Å². The molecule has 0 saturated carbocycles. The summed E-state index contributed by atoms with van der Waals surface area (Å²) in [7, 11) is 4.69. The van der Waals surface area contributed by atoms with Crippen molar-refractivity contribution < 1.29 is 28.5 Å². The molecule has 0 spiro atoms. The van der Waals surface area contributed by atoms with E-state index in [-0.39, 0.29) is 5.88 Å². The fourth-order valence-corrected chi connectivity index (χ4v) is 3.30. The number of hydrogen-bond acceptors (Lipinski definition) is 7. The molecule has 1 aromatic carbocycles. The highest BCUT2D eigenvalue weighted by Gasteiger charge is 2.26. The lowest BCUT2D eigenvalue weighted by atomic mass is 10.0. The number of carbonyl (C=O) groups is 1. The van der Waals surface area contributed by atoms with Gasteiger partial charge in [0.2, 0.25) is 0 Å². The number of aromatic nitrogens is 2. The van der Waals surface area contributed by atoms with Crippen molar-refractivity contribution in [3.63, 3.8) is 0 Å². The Balaban J connectivity index is 0.00000298. The molecule has 2 rings (SSSR count). The molecular weight excluding hydrogens is 450 g/mol. The van der Waals surface area contributed by atoms with Crippen LogP contribution in [0.5, 0.6) is 17.4 Å². The summed E-state index contributed by atoms with van der Waals surface area (Å²) >= 11 is 0. The number of benzene rings is 1. The second-order valence-corrected chi connectivity index (χ2v) is 8.19. The summed E-state index contributed by atoms with van der Waals surface area (Å²) in [4.78, 5) is 12.4. The maximum absolute atomic E-state index is 12.4. The zero-order chi connectivity index (χ0) is 26.8. The van der Waals surface area contributed by atoms with Crippen LogP contribution in [-0.4, -0.2) is 49.4 Å². The zero-order valence-corrected chi connectivity index (χ0v) is 23.0. The Morgan fingerprint density at radius 1 is 1.09 bits per heavy atom. The Labute approximate surface area is 209 Å². The summed E-state index contributed by atoms with van der Waals surface area (Å²) in [6, 6.07) is 3.82. The van der Waals surface area contributed by atoms with Crippen LogP contribution in [0.1, 0.15) is 65.3 Å². The Bertz CT molecular complexity index is 980. The molecule has 0 radical (unpaired) electrons. The number of nitrogens with one attached hydrogen (secondary N) is 1. The molecule has 0 unspecified atom stereocenters. The molecule has 0 aliphatic carbocycles. The van der Waals surface area contributed by atoms with Crippen LogP contribution in [0, 0.1) is 6.92 Å². The van der Waals surface area contributed by atoms with Crippen molar-refractivity contribution in [2.45, 2.75) is 67.6 Å². The van der Waals surface area contributed by atoms with Gasteiger partial charge in [0.25, 0.3) is 5.88 Å². The van der Waals surface area contributed by atoms with Crippen LogP contribution in [0.15, 0.2) is 18.2 Å². The Morgan fingerprint density at radius 2 is 1.66 bits per heavy atom. The minimum absolute atomic E-state index is 0.253. The van der Waals surface area contributed by atoms with Crippen LogP contribution in [0.3, 0.4) is 0 Å². The van der Waals surface area contributed by atoms with Gasteiger partial charge in [0.05, 0.1) is 44.9 Å². The molecular formula is C26H41N3O6. The van der Waals surface area contributed by atoms with E-state index in [1.165, 1.54) is 7.11 Å². The summed E-state index contributed by atoms with van der Waals surface area (Å²) < 4.78 is 29.4. The monoisotopic (exact) mass is 491 g/mol. The predicted octanol–water partition coefficient (Wildman–Crippen LogP) is 6.04. The van der Waals surface area contributed by atoms with E-state index in [0.29, 0.717) is 47.4 Å². The second kappa shape index (κ2) is 13.6. The van der Waals surface area contributed by atoms with Crippen LogP contribution in [0.25, 0.3) is 5.70 Å². The molecule has 9 nitrogen and oxygen atoms in total. The highest BCUT2D eigenvalue weighted by atomic mass is 16.6. The van der Waals surface area contributed by atoms with E-state index < -0.39 is 11.7 Å². The van der Waals surface area contributed by atoms with Gasteiger partial charge in [-0.15, -0.1) is 5.10 Å². The summed E-state index contributed by atoms with van der Waals surface area (Å²) in [6.45, 7) is 16.1. The standard InChI is InChI=1S/C24H35N3O6.C2H6/c1-10-17(20-18(29-7)12-16(14-32-11-2)13-19(20)30-8)27-15(3)21(22(26-27)31-9)25-23(28)33-24(4,5)6;1-2/h10,12-13H,11,14H2,1-9H3,(H,25,28);1-2H3/b17-10-;. The fraction of sp³-hybridized carbons (Fsp3) is 0.538. The molecule has 0 bridgehead atoms. The molecule has 0 saturated heterocycles. The first-order valence-electron chi connectivity index (χ1n) is 11.7. The smallest absolute Gasteiger partial charge is 0.412 e. The van der Waals surface area contributed by atoms with E-state index in [4.69, 9.17) is 23.7 Å². The number of anilines is 1. The Hall–Kier alpha value is -3.20. The van der Waals surface area contributed by atoms with Crippen LogP contribution in [-0.2, 0) is 16.1 Å². The number of ether oxygens (including phenoxy) is 5. The van der Waals surface area contributed by atoms with Crippen molar-refractivity contribution in [2.75, 3.05) is 33.3 Å². The lowest BCUT2D eigenvalue weighted by Gasteiger charge is -2.20. The third-order valence-electron chi connectivity index (χ3n) is 4.70. The van der Waals surface area contributed by atoms with Crippen molar-refractivity contribution in [1.29, 1.82) is 0 Å². The van der Waals surface area contributed by atoms with Crippen LogP contribution >= 0.6 is 0 Å². The van der Waals surface area contributed by atoms with Gasteiger partial charge in [-0.25, -0.2) is 9.48 Å². The molecule has 0 aliphatic heterocycles. The SMILES string of the molecule is C/C=C(/c1c(OC)cc(COCC)cc1OC)n1nc(OC)c(NC(=O)OC(C)(C)C)c1C.CC. The molecule has 1 heterocycles. The fourth-order valence-electron chi connectivity index (χ4n) is 3.30. The van der Waals surface area contributed by atoms with Crippen molar-refractivity contribution in [1.82, 2.24) is 9.78 Å². The minimum atomic E-state index is -0.639. The van der Waals surface area contributed by atoms with Gasteiger partial charge >= 0.3 is 6.09 Å². The Kier molecular flexibility index (Phi) is 11.6. The van der Waals surface area contributed by atoms with Gasteiger partial charge < -0.3 is 23.7 Å². The first kappa shape index (κ1) is 29.8. The number of nitrogens with zero attached hydrogens (tertiary/aromatic N) is 2. The highest BCUT2D eigenvalue weighted by Crippen LogP contribution is 2.40. The second-order valence-electron chi connectivity index (χ2n) is 8.19. The van der Waals surface area contributed by atoms with Gasteiger partial charge in [0.15, 0.2) is 0 Å². The largest absolute Gasteiger partial charge is 0.496 e. The summed E-state index contributed by atoms with van der Waals surface area (Å²) in [5, 5.41) is 7.32. The molecule has 9 heteroatoms. The topological polar surface area (TPSA) is 93.1 Å². The van der Waals surface area contributed by atoms with E-state index in [2.05, 4.69) is 10.4 Å². The molecule has 1 amide bonds. The van der Waals surface area contributed by atoms with Crippen LogP contribution in [0.2, 0.25) is 0 Å². The minimum Gasteiger partial charge on any atom is -0.496 e. The number of carbonyl (C=O) groups excluding carboxylic acids is 1. The third-order valence-corrected chi connectivity index (χ3v) is 4.70. The number of amides is 1. The lowest BCUT2D eigenvalue weighted by Crippen LogP contribution is -2.27. The van der Waals surface area contributed by atoms with E-state index in [1.54, 1.807) is 39.7 Å². The van der Waals surface area contributed by atoms with Gasteiger partial charge in [-0.1, -0.05) is 19.9 Å². The van der Waals surface area contributed by atoms with Crippen molar-refractivity contribution in [3.05, 3.63) is 35.0 Å². The molecule has 0 atom stereocenters. The number of rotatable bonds is 9. The first-order chi connectivity index (χ1) is 16.6. The summed E-state index contributed by atoms with van der Waals surface area (Å²) in [5.74, 6) is 1.46. The average Bonchev–Trinajstić information content (AvgIpc) is 3.13. The summed E-state index contributed by atoms with van der Waals surface area (Å²) in [5.41, 5.74) is 2.75. The first-order valence-corrected chi connectivity index (χ1v) is 11.7. The molecule has 196 valence electrons. The third kappa shape index (κ3) is 7.65. The maximum Gasteiger partial charge on any atom is 0.412 e. The molecule has 2 aromatic rings. The van der Waals surface area contributed by atoms with Gasteiger partial charge in [0.1, 0.15) is 22.8 Å². The molecule has 0 aliphatic rings.